The summed E-state index contributed by atoms with van der Waals surface area (Å²) in [5.74, 6) is 1.00. The summed E-state index contributed by atoms with van der Waals surface area (Å²) in [5, 5.41) is 0. The highest BCUT2D eigenvalue weighted by atomic mass is 16.1. The summed E-state index contributed by atoms with van der Waals surface area (Å²) < 4.78 is 0. The Kier molecular flexibility index (Phi) is 63.5. The molecule has 0 saturated carbocycles. The molecule has 2 nitrogen and oxygen atoms in total. The minimum Gasteiger partial charge on any atom is -0.307 e. The average Bonchev–Trinajstić information content (AvgIpc) is 3.13. The third-order valence-corrected chi connectivity index (χ3v) is 9.98. The zero-order valence-corrected chi connectivity index (χ0v) is 35.6. The molecule has 1 unspecified atom stereocenters. The molecule has 0 N–H and O–H groups in total. The lowest BCUT2D eigenvalue weighted by atomic mass is 9.90. The van der Waals surface area contributed by atoms with E-state index in [1.165, 1.54) is 231 Å². The first-order chi connectivity index (χ1) is 23.7. The molecule has 0 bridgehead atoms. The molecule has 294 valence electrons. The fraction of sp³-hybridized carbons (Fsp3) is 0.978. The Hall–Kier alpha value is -0.370. The maximum Gasteiger partial charge on any atom is 0.106 e. The second kappa shape index (κ2) is 56.0. The van der Waals surface area contributed by atoms with Crippen LogP contribution in [-0.4, -0.2) is 31.8 Å². The van der Waals surface area contributed by atoms with Crippen molar-refractivity contribution in [3.8, 4) is 0 Å². The summed E-state index contributed by atoms with van der Waals surface area (Å²) in [6.45, 7) is 19.6. The second-order valence-corrected chi connectivity index (χ2v) is 14.4. The number of rotatable bonds is 37. The van der Waals surface area contributed by atoms with Gasteiger partial charge in [0, 0.05) is 0 Å². The van der Waals surface area contributed by atoms with Gasteiger partial charge in [-0.3, -0.25) is 0 Å². The summed E-state index contributed by atoms with van der Waals surface area (Å²) >= 11 is 0. The Morgan fingerprint density at radius 2 is 0.542 bits per heavy atom. The predicted octanol–water partition coefficient (Wildman–Crippen LogP) is 16.7. The van der Waals surface area contributed by atoms with Crippen molar-refractivity contribution >= 4 is 6.79 Å². The lowest BCUT2D eigenvalue weighted by Crippen LogP contribution is -2.21. The van der Waals surface area contributed by atoms with Crippen molar-refractivity contribution in [1.29, 1.82) is 0 Å². The molecule has 0 rings (SSSR count). The van der Waals surface area contributed by atoms with Gasteiger partial charge in [0.15, 0.2) is 0 Å². The first-order valence-corrected chi connectivity index (χ1v) is 22.7. The number of hydrogen-bond acceptors (Lipinski definition) is 2. The third kappa shape index (κ3) is 52.4. The Bertz CT molecular complexity index is 481. The van der Waals surface area contributed by atoms with Gasteiger partial charge in [-0.1, -0.05) is 248 Å². The van der Waals surface area contributed by atoms with Crippen molar-refractivity contribution in [2.24, 2.45) is 5.92 Å². The highest BCUT2D eigenvalue weighted by Gasteiger charge is 2.10. The fourth-order valence-electron chi connectivity index (χ4n) is 6.90. The van der Waals surface area contributed by atoms with E-state index in [2.05, 4.69) is 32.7 Å². The van der Waals surface area contributed by atoms with Crippen molar-refractivity contribution < 1.29 is 4.79 Å². The van der Waals surface area contributed by atoms with E-state index >= 15 is 0 Å². The van der Waals surface area contributed by atoms with Crippen LogP contribution in [0, 0.1) is 5.92 Å². The normalized spacial score (nSPS) is 11.3. The molecule has 0 saturated heterocycles. The Balaban J connectivity index is -0.00000152. The van der Waals surface area contributed by atoms with Crippen molar-refractivity contribution in [2.75, 3.05) is 20.1 Å². The Morgan fingerprint density at radius 1 is 0.333 bits per heavy atom. The quantitative estimate of drug-likeness (QED) is 0.0608. The lowest BCUT2D eigenvalue weighted by molar-refractivity contribution is -0.0980. The van der Waals surface area contributed by atoms with Crippen LogP contribution in [0.15, 0.2) is 0 Å². The highest BCUT2D eigenvalue weighted by molar-refractivity contribution is 5.11. The van der Waals surface area contributed by atoms with Gasteiger partial charge in [-0.2, -0.15) is 0 Å². The third-order valence-electron chi connectivity index (χ3n) is 9.98. The van der Waals surface area contributed by atoms with Gasteiger partial charge in [-0.25, -0.2) is 0 Å². The average molecular weight is 682 g/mol. The molecule has 0 radical (unpaired) electrons. The van der Waals surface area contributed by atoms with Crippen LogP contribution in [0.25, 0.3) is 0 Å². The van der Waals surface area contributed by atoms with E-state index in [1.807, 2.05) is 34.5 Å². The van der Waals surface area contributed by atoms with Crippen molar-refractivity contribution in [3.05, 3.63) is 0 Å². The number of unbranched alkanes of at least 4 members (excludes halogenated alkanes) is 27. The standard InChI is InChI=1S/C41H85N.2C2H6.CH2O/c1-5-8-11-14-17-19-20-21-22-23-24-25-26-28-31-34-39-42(4)40-35-38-41(36-32-29-16-13-10-7-3)37-33-30-27-18-15-12-9-6-2;3*1-2/h41H,5-40H2,1-4H3;2*1-2H3;1H2. The first kappa shape index (κ1) is 54.4. The molecule has 2 heteroatoms. The molecule has 0 aliphatic rings. The van der Waals surface area contributed by atoms with E-state index in [1.54, 1.807) is 0 Å². The van der Waals surface area contributed by atoms with E-state index in [9.17, 15) is 0 Å². The molecular formula is C46H99NO. The number of hydrogen-bond donors (Lipinski definition) is 0. The zero-order valence-electron chi connectivity index (χ0n) is 35.6. The van der Waals surface area contributed by atoms with E-state index in [0.29, 0.717) is 0 Å². The first-order valence-electron chi connectivity index (χ1n) is 22.7. The van der Waals surface area contributed by atoms with Crippen LogP contribution in [0.2, 0.25) is 0 Å². The lowest BCUT2D eigenvalue weighted by Gasteiger charge is -2.20. The van der Waals surface area contributed by atoms with Gasteiger partial charge in [0.25, 0.3) is 0 Å². The molecule has 1 atom stereocenters. The molecule has 0 heterocycles. The van der Waals surface area contributed by atoms with Crippen molar-refractivity contribution in [2.45, 2.75) is 267 Å². The number of carbonyl (C=O) groups is 1. The molecule has 0 fully saturated rings. The van der Waals surface area contributed by atoms with Crippen LogP contribution in [-0.2, 0) is 4.79 Å². The molecule has 0 aliphatic heterocycles. The van der Waals surface area contributed by atoms with Gasteiger partial charge >= 0.3 is 0 Å². The van der Waals surface area contributed by atoms with Crippen LogP contribution < -0.4 is 0 Å². The summed E-state index contributed by atoms with van der Waals surface area (Å²) in [6.07, 6.45) is 49.7. The summed E-state index contributed by atoms with van der Waals surface area (Å²) in [4.78, 5) is 10.6. The van der Waals surface area contributed by atoms with E-state index in [-0.39, 0.29) is 0 Å². The number of nitrogens with zero attached hydrogens (tertiary/aromatic N) is 1. The largest absolute Gasteiger partial charge is 0.307 e. The van der Waals surface area contributed by atoms with Gasteiger partial charge in [0.2, 0.25) is 0 Å². The maximum absolute atomic E-state index is 8.00. The van der Waals surface area contributed by atoms with Gasteiger partial charge < -0.3 is 9.69 Å². The summed E-state index contributed by atoms with van der Waals surface area (Å²) in [7, 11) is 2.38. The Morgan fingerprint density at radius 3 is 0.833 bits per heavy atom. The minimum absolute atomic E-state index is 1.00. The monoisotopic (exact) mass is 682 g/mol. The van der Waals surface area contributed by atoms with E-state index in [0.717, 1.165) is 5.92 Å². The van der Waals surface area contributed by atoms with Crippen LogP contribution in [0.5, 0.6) is 0 Å². The maximum atomic E-state index is 8.00. The highest BCUT2D eigenvalue weighted by Crippen LogP contribution is 2.24. The molecule has 48 heavy (non-hydrogen) atoms. The SMILES string of the molecule is C=O.CC.CC.CCCCCCCCCCCCCCCCCCN(C)CCCC(CCCCCCCC)CCCCCCCCCC. The van der Waals surface area contributed by atoms with Gasteiger partial charge in [0.1, 0.15) is 6.79 Å². The molecule has 0 spiro atoms. The van der Waals surface area contributed by atoms with Crippen LogP contribution >= 0.6 is 0 Å². The minimum atomic E-state index is 1.00. The van der Waals surface area contributed by atoms with Crippen LogP contribution in [0.4, 0.5) is 0 Å². The second-order valence-electron chi connectivity index (χ2n) is 14.4. The van der Waals surface area contributed by atoms with Gasteiger partial charge in [0.05, 0.1) is 0 Å². The molecule has 0 aromatic heterocycles. The predicted molar refractivity (Wildman–Crippen MR) is 225 cm³/mol. The Labute approximate surface area is 308 Å². The van der Waals surface area contributed by atoms with Crippen LogP contribution in [0.3, 0.4) is 0 Å². The topological polar surface area (TPSA) is 20.3 Å². The summed E-state index contributed by atoms with van der Waals surface area (Å²) in [6, 6.07) is 0. The van der Waals surface area contributed by atoms with Crippen molar-refractivity contribution in [3.63, 3.8) is 0 Å². The van der Waals surface area contributed by atoms with E-state index < -0.39 is 0 Å². The van der Waals surface area contributed by atoms with E-state index in [4.69, 9.17) is 4.79 Å². The molecular weight excluding hydrogens is 583 g/mol. The fourth-order valence-corrected chi connectivity index (χ4v) is 6.90. The van der Waals surface area contributed by atoms with Gasteiger partial charge in [-0.15, -0.1) is 0 Å². The zero-order chi connectivity index (χ0) is 36.6. The van der Waals surface area contributed by atoms with Gasteiger partial charge in [-0.05, 0) is 45.3 Å². The molecule has 0 aromatic rings. The smallest absolute Gasteiger partial charge is 0.106 e. The molecule has 0 amide bonds. The summed E-state index contributed by atoms with van der Waals surface area (Å²) in [5.41, 5.74) is 0. The number of carbonyl (C=O) groups excluding carboxylic acids is 1. The molecule has 0 aromatic carbocycles. The van der Waals surface area contributed by atoms with Crippen LogP contribution in [0.1, 0.15) is 267 Å². The molecule has 0 aliphatic carbocycles. The van der Waals surface area contributed by atoms with Crippen molar-refractivity contribution in [1.82, 2.24) is 4.90 Å².